The number of aromatic nitrogens is 4. The van der Waals surface area contributed by atoms with E-state index in [0.717, 1.165) is 13.1 Å². The molecule has 3 aliphatic rings. The zero-order chi connectivity index (χ0) is 22.4. The largest absolute Gasteiger partial charge is 0.328 e. The van der Waals surface area contributed by atoms with Crippen LogP contribution in [0.25, 0.3) is 28.0 Å². The monoisotopic (exact) mass is 434 g/mol. The Morgan fingerprint density at radius 1 is 1.09 bits per heavy atom. The molecule has 4 heterocycles. The van der Waals surface area contributed by atoms with Crippen molar-refractivity contribution >= 4 is 16.9 Å². The van der Waals surface area contributed by atoms with E-state index in [1.165, 1.54) is 27.6 Å². The fourth-order valence-electron chi connectivity index (χ4n) is 4.21. The Balaban J connectivity index is 1.65. The van der Waals surface area contributed by atoms with Gasteiger partial charge in [-0.15, -0.1) is 0 Å². The van der Waals surface area contributed by atoms with E-state index in [1.54, 1.807) is 35.4 Å². The Bertz CT molecular complexity index is 1320. The molecule has 0 bridgehead atoms. The number of halogens is 1. The van der Waals surface area contributed by atoms with Crippen LogP contribution in [-0.4, -0.2) is 67.4 Å². The molecule has 3 aliphatic heterocycles. The van der Waals surface area contributed by atoms with E-state index >= 15 is 0 Å². The van der Waals surface area contributed by atoms with Gasteiger partial charge in [0.15, 0.2) is 5.82 Å². The minimum absolute atomic E-state index is 0.239. The van der Waals surface area contributed by atoms with E-state index in [2.05, 4.69) is 28.8 Å². The highest BCUT2D eigenvalue weighted by atomic mass is 19.1. The SMILES string of the molecule is CC(C)N1CCN(C(=O)n2cc3c(=O)n(-c4ccccn4)nc-3c3cc(F)ccc32)CC1. The Hall–Kier alpha value is -3.59. The summed E-state index contributed by atoms with van der Waals surface area (Å²) < 4.78 is 16.8. The Morgan fingerprint density at radius 2 is 1.88 bits per heavy atom. The van der Waals surface area contributed by atoms with Crippen molar-refractivity contribution in [2.45, 2.75) is 19.9 Å². The van der Waals surface area contributed by atoms with Crippen LogP contribution < -0.4 is 5.56 Å². The van der Waals surface area contributed by atoms with Crippen LogP contribution in [0.4, 0.5) is 9.18 Å². The van der Waals surface area contributed by atoms with Crippen molar-refractivity contribution in [1.29, 1.82) is 0 Å². The second-order valence-electron chi connectivity index (χ2n) is 8.23. The van der Waals surface area contributed by atoms with Gasteiger partial charge in [0.25, 0.3) is 5.56 Å². The summed E-state index contributed by atoms with van der Waals surface area (Å²) >= 11 is 0. The average Bonchev–Trinajstić information content (AvgIpc) is 3.15. The molecule has 0 spiro atoms. The molecule has 9 heteroatoms. The van der Waals surface area contributed by atoms with Gasteiger partial charge in [0.05, 0.1) is 11.1 Å². The maximum absolute atomic E-state index is 14.2. The standard InChI is InChI=1S/C23H23FN6O2/c1-15(2)27-9-11-28(12-10-27)23(32)29-14-18-21(17-13-16(24)6-7-19(17)29)26-30(22(18)31)20-5-3-4-8-25-20/h3-8,13-15H,9-12H2,1-2H3. The second-order valence-corrected chi connectivity index (χ2v) is 8.23. The summed E-state index contributed by atoms with van der Waals surface area (Å²) in [4.78, 5) is 34.9. The maximum atomic E-state index is 14.2. The molecule has 1 fully saturated rings. The fraction of sp³-hybridized carbons (Fsp3) is 0.304. The highest BCUT2D eigenvalue weighted by Crippen LogP contribution is 2.29. The first-order chi connectivity index (χ1) is 15.4. The van der Waals surface area contributed by atoms with Gasteiger partial charge in [-0.05, 0) is 44.2 Å². The second kappa shape index (κ2) is 7.83. The maximum Gasteiger partial charge on any atom is 0.328 e. The summed E-state index contributed by atoms with van der Waals surface area (Å²) in [6.07, 6.45) is 3.08. The average molecular weight is 434 g/mol. The topological polar surface area (TPSA) is 76.3 Å². The predicted molar refractivity (Wildman–Crippen MR) is 119 cm³/mol. The normalized spacial score (nSPS) is 15.2. The lowest BCUT2D eigenvalue weighted by molar-refractivity contribution is 0.120. The number of piperazine rings is 1. The molecule has 0 N–H and O–H groups in total. The minimum atomic E-state index is -0.464. The van der Waals surface area contributed by atoms with E-state index < -0.39 is 11.4 Å². The van der Waals surface area contributed by atoms with E-state index in [-0.39, 0.29) is 11.6 Å². The molecular formula is C23H23FN6O2. The first-order valence-corrected chi connectivity index (χ1v) is 10.6. The van der Waals surface area contributed by atoms with Gasteiger partial charge in [-0.1, -0.05) is 6.07 Å². The summed E-state index contributed by atoms with van der Waals surface area (Å²) in [7, 11) is 0. The number of fused-ring (bicyclic) bond motifs is 3. The third-order valence-electron chi connectivity index (χ3n) is 6.00. The molecule has 164 valence electrons. The number of carbonyl (C=O) groups excluding carboxylic acids is 1. The lowest BCUT2D eigenvalue weighted by atomic mass is 10.1. The molecular weight excluding hydrogens is 411 g/mol. The number of amides is 1. The van der Waals surface area contributed by atoms with Crippen molar-refractivity contribution in [2.75, 3.05) is 26.2 Å². The molecule has 1 aromatic heterocycles. The van der Waals surface area contributed by atoms with Crippen LogP contribution in [-0.2, 0) is 0 Å². The fourth-order valence-corrected chi connectivity index (χ4v) is 4.21. The van der Waals surface area contributed by atoms with Crippen LogP contribution in [0.3, 0.4) is 0 Å². The predicted octanol–water partition coefficient (Wildman–Crippen LogP) is 2.82. The van der Waals surface area contributed by atoms with Gasteiger partial charge in [0, 0.05) is 50.0 Å². The molecule has 0 atom stereocenters. The van der Waals surface area contributed by atoms with Crippen LogP contribution in [0, 0.1) is 5.82 Å². The highest BCUT2D eigenvalue weighted by Gasteiger charge is 2.27. The van der Waals surface area contributed by atoms with E-state index in [9.17, 15) is 14.0 Å². The van der Waals surface area contributed by atoms with E-state index in [1.807, 2.05) is 0 Å². The molecule has 2 aromatic rings. The van der Waals surface area contributed by atoms with Crippen molar-refractivity contribution in [3.63, 3.8) is 0 Å². The molecule has 5 rings (SSSR count). The molecule has 0 unspecified atom stereocenters. The van der Waals surface area contributed by atoms with Gasteiger partial charge in [-0.3, -0.25) is 14.3 Å². The van der Waals surface area contributed by atoms with E-state index in [4.69, 9.17) is 0 Å². The van der Waals surface area contributed by atoms with Crippen molar-refractivity contribution in [3.8, 4) is 17.1 Å². The molecule has 0 radical (unpaired) electrons. The van der Waals surface area contributed by atoms with Gasteiger partial charge in [-0.25, -0.2) is 14.2 Å². The smallest absolute Gasteiger partial charge is 0.321 e. The third kappa shape index (κ3) is 3.34. The van der Waals surface area contributed by atoms with Gasteiger partial charge in [0.2, 0.25) is 0 Å². The Kier molecular flexibility index (Phi) is 4.97. The lowest BCUT2D eigenvalue weighted by Gasteiger charge is -2.37. The quantitative estimate of drug-likeness (QED) is 0.485. The summed E-state index contributed by atoms with van der Waals surface area (Å²) in [5.74, 6) is -0.102. The number of nitrogens with zero attached hydrogens (tertiary/aromatic N) is 6. The zero-order valence-electron chi connectivity index (χ0n) is 17.9. The first-order valence-electron chi connectivity index (χ1n) is 10.6. The van der Waals surface area contributed by atoms with E-state index in [0.29, 0.717) is 41.5 Å². The number of carbonyl (C=O) groups is 1. The zero-order valence-corrected chi connectivity index (χ0v) is 17.9. The van der Waals surface area contributed by atoms with Gasteiger partial charge < -0.3 is 4.90 Å². The number of pyridine rings is 2. The first kappa shape index (κ1) is 20.3. The number of hydrogen-bond acceptors (Lipinski definition) is 5. The number of hydrogen-bond donors (Lipinski definition) is 0. The molecule has 0 aliphatic carbocycles. The number of benzene rings is 1. The van der Waals surface area contributed by atoms with Crippen molar-refractivity contribution < 1.29 is 9.18 Å². The van der Waals surface area contributed by atoms with Gasteiger partial charge >= 0.3 is 6.03 Å². The van der Waals surface area contributed by atoms with Crippen molar-refractivity contribution in [3.05, 3.63) is 65.0 Å². The minimum Gasteiger partial charge on any atom is -0.321 e. The molecule has 1 aromatic carbocycles. The molecule has 1 amide bonds. The Morgan fingerprint density at radius 3 is 2.56 bits per heavy atom. The summed E-state index contributed by atoms with van der Waals surface area (Å²) in [5, 5.41) is 4.83. The van der Waals surface area contributed by atoms with Crippen molar-refractivity contribution in [2.24, 2.45) is 0 Å². The number of rotatable bonds is 2. The van der Waals surface area contributed by atoms with Crippen LogP contribution in [0.2, 0.25) is 0 Å². The molecule has 8 nitrogen and oxygen atoms in total. The summed E-state index contributed by atoms with van der Waals surface area (Å²) in [6.45, 7) is 7.01. The van der Waals surface area contributed by atoms with Crippen LogP contribution in [0.1, 0.15) is 13.8 Å². The van der Waals surface area contributed by atoms with Crippen LogP contribution in [0.5, 0.6) is 0 Å². The van der Waals surface area contributed by atoms with Crippen LogP contribution in [0.15, 0.2) is 53.6 Å². The lowest BCUT2D eigenvalue weighted by Crippen LogP contribution is -2.51. The van der Waals surface area contributed by atoms with Crippen LogP contribution >= 0.6 is 0 Å². The molecule has 1 saturated heterocycles. The highest BCUT2D eigenvalue weighted by molar-refractivity contribution is 5.99. The Labute approximate surface area is 183 Å². The third-order valence-corrected chi connectivity index (χ3v) is 6.00. The summed E-state index contributed by atoms with van der Waals surface area (Å²) in [6, 6.07) is 9.52. The van der Waals surface area contributed by atoms with Crippen molar-refractivity contribution in [1.82, 2.24) is 29.1 Å². The van der Waals surface area contributed by atoms with Gasteiger partial charge in [-0.2, -0.15) is 9.78 Å². The molecule has 0 saturated carbocycles. The summed E-state index contributed by atoms with van der Waals surface area (Å²) in [5.41, 5.74) is 0.670. The molecule has 32 heavy (non-hydrogen) atoms. The van der Waals surface area contributed by atoms with Gasteiger partial charge in [0.1, 0.15) is 11.5 Å².